The van der Waals surface area contributed by atoms with Gasteiger partial charge in [0.05, 0.1) is 5.69 Å². The number of fused-ring (bicyclic) bond motifs is 1. The van der Waals surface area contributed by atoms with Gasteiger partial charge in [0.2, 0.25) is 5.95 Å². The molecule has 156 valence electrons. The van der Waals surface area contributed by atoms with E-state index in [0.29, 0.717) is 36.1 Å². The number of halogens is 2. The Hall–Kier alpha value is -4.07. The van der Waals surface area contributed by atoms with E-state index in [1.165, 1.54) is 24.3 Å². The van der Waals surface area contributed by atoms with E-state index >= 15 is 0 Å². The summed E-state index contributed by atoms with van der Waals surface area (Å²) in [6, 6.07) is 14.3. The first kappa shape index (κ1) is 18.9. The monoisotopic (exact) mass is 419 g/mol. The number of imidazole rings is 1. The Morgan fingerprint density at radius 2 is 1.68 bits per heavy atom. The quantitative estimate of drug-likeness (QED) is 0.408. The Bertz CT molecular complexity index is 1330. The second-order valence-electron chi connectivity index (χ2n) is 6.94. The largest absolute Gasteiger partial charge is 0.432 e. The number of hydrogen-bond acceptors (Lipinski definition) is 5. The summed E-state index contributed by atoms with van der Waals surface area (Å²) in [4.78, 5) is 13.5. The Labute approximate surface area is 177 Å². The lowest BCUT2D eigenvalue weighted by molar-refractivity contribution is 0.596. The minimum atomic E-state index is -0.317. The third-order valence-corrected chi connectivity index (χ3v) is 4.89. The van der Waals surface area contributed by atoms with Crippen LogP contribution in [0.4, 0.5) is 14.7 Å². The topological polar surface area (TPSA) is 68.2 Å². The normalized spacial score (nSPS) is 11.2. The molecule has 3 aromatic heterocycles. The lowest BCUT2D eigenvalue weighted by Crippen LogP contribution is -2.08. The summed E-state index contributed by atoms with van der Waals surface area (Å²) in [7, 11) is 0. The third kappa shape index (κ3) is 3.87. The van der Waals surface area contributed by atoms with Crippen molar-refractivity contribution in [1.29, 1.82) is 0 Å². The van der Waals surface area contributed by atoms with Gasteiger partial charge in [-0.25, -0.2) is 18.7 Å². The van der Waals surface area contributed by atoms with Gasteiger partial charge >= 0.3 is 5.84 Å². The number of oxazole rings is 1. The fourth-order valence-electron chi connectivity index (χ4n) is 3.38. The summed E-state index contributed by atoms with van der Waals surface area (Å²) in [5.41, 5.74) is 3.77. The van der Waals surface area contributed by atoms with Crippen LogP contribution in [-0.4, -0.2) is 25.9 Å². The summed E-state index contributed by atoms with van der Waals surface area (Å²) in [5, 5.41) is 3.20. The molecule has 1 N–H and O–H groups in total. The minimum absolute atomic E-state index is 0. The summed E-state index contributed by atoms with van der Waals surface area (Å²) >= 11 is 0. The van der Waals surface area contributed by atoms with E-state index in [4.69, 9.17) is 4.42 Å². The van der Waals surface area contributed by atoms with E-state index < -0.39 is 0 Å². The Balaban J connectivity index is 0.00000245. The van der Waals surface area contributed by atoms with Crippen molar-refractivity contribution in [3.63, 3.8) is 0 Å². The number of nitrogens with one attached hydrogen (secondary N) is 1. The van der Waals surface area contributed by atoms with E-state index in [-0.39, 0.29) is 13.1 Å². The fraction of sp³-hybridized carbons (Fsp3) is 0.0870. The maximum atomic E-state index is 13.4. The molecule has 0 saturated carbocycles. The first-order valence-electron chi connectivity index (χ1n) is 9.70. The lowest BCUT2D eigenvalue weighted by Gasteiger charge is -2.08. The molecule has 3 heterocycles. The average Bonchev–Trinajstić information content (AvgIpc) is 3.37. The zero-order chi connectivity index (χ0) is 21.2. The lowest BCUT2D eigenvalue weighted by atomic mass is 10.1. The van der Waals surface area contributed by atoms with Gasteiger partial charge in [0, 0.05) is 25.9 Å². The molecule has 0 fully saturated rings. The molecule has 8 heteroatoms. The first-order valence-corrected chi connectivity index (χ1v) is 9.70. The predicted molar refractivity (Wildman–Crippen MR) is 115 cm³/mol. The molecule has 0 bridgehead atoms. The van der Waals surface area contributed by atoms with Crippen LogP contribution in [0.5, 0.6) is 0 Å². The van der Waals surface area contributed by atoms with Gasteiger partial charge in [-0.2, -0.15) is 4.98 Å². The van der Waals surface area contributed by atoms with E-state index in [9.17, 15) is 8.78 Å². The molecule has 2 aromatic carbocycles. The van der Waals surface area contributed by atoms with Gasteiger partial charge in [-0.05, 0) is 54.4 Å². The number of hydrogen-bond donors (Lipinski definition) is 1. The second kappa shape index (κ2) is 7.98. The van der Waals surface area contributed by atoms with Gasteiger partial charge in [0.25, 0.3) is 0 Å². The molecule has 5 rings (SSSR count). The van der Waals surface area contributed by atoms with Crippen LogP contribution in [0.1, 0.15) is 6.99 Å². The molecule has 6 nitrogen and oxygen atoms in total. The van der Waals surface area contributed by atoms with Gasteiger partial charge < -0.3 is 9.73 Å². The van der Waals surface area contributed by atoms with Crippen molar-refractivity contribution >= 4 is 11.8 Å². The molecule has 0 unspecified atom stereocenters. The molecule has 0 spiro atoms. The van der Waals surface area contributed by atoms with E-state index in [2.05, 4.69) is 20.3 Å². The molecule has 31 heavy (non-hydrogen) atoms. The first-order chi connectivity index (χ1) is 15.2. The highest BCUT2D eigenvalue weighted by Crippen LogP contribution is 2.32. The zero-order valence-corrected chi connectivity index (χ0v) is 16.3. The van der Waals surface area contributed by atoms with Crippen LogP contribution in [0, 0.1) is 11.6 Å². The molecule has 5 aromatic rings. The highest BCUT2D eigenvalue weighted by molar-refractivity contribution is 5.79. The highest BCUT2D eigenvalue weighted by atomic mass is 19.1. The molecule has 0 atom stereocenters. The van der Waals surface area contributed by atoms with E-state index in [0.717, 1.165) is 16.8 Å². The van der Waals surface area contributed by atoms with E-state index in [1.54, 1.807) is 53.4 Å². The van der Waals surface area contributed by atoms with Crippen LogP contribution >= 0.6 is 0 Å². The summed E-state index contributed by atoms with van der Waals surface area (Å²) in [6.07, 6.45) is 5.67. The van der Waals surface area contributed by atoms with Crippen molar-refractivity contribution in [2.24, 2.45) is 0 Å². The van der Waals surface area contributed by atoms with Crippen LogP contribution in [0.15, 0.2) is 77.7 Å². The average molecular weight is 419 g/mol. The molecule has 0 saturated heterocycles. The summed E-state index contributed by atoms with van der Waals surface area (Å²) < 4.78 is 33.7. The van der Waals surface area contributed by atoms with Crippen LogP contribution < -0.4 is 5.32 Å². The number of aromatic nitrogens is 4. The van der Waals surface area contributed by atoms with Crippen molar-refractivity contribution in [1.82, 2.24) is 19.4 Å². The molecule has 0 radical (unpaired) electrons. The Morgan fingerprint density at radius 1 is 0.935 bits per heavy atom. The number of benzene rings is 2. The third-order valence-electron chi connectivity index (χ3n) is 4.89. The van der Waals surface area contributed by atoms with Gasteiger partial charge in [0.1, 0.15) is 29.3 Å². The van der Waals surface area contributed by atoms with Crippen molar-refractivity contribution in [3.8, 4) is 22.6 Å². The zero-order valence-electron chi connectivity index (χ0n) is 16.3. The second-order valence-corrected chi connectivity index (χ2v) is 6.94. The predicted octanol–water partition coefficient (Wildman–Crippen LogP) is 5.23. The molecular weight excluding hydrogens is 400 g/mol. The number of nitrogens with zero attached hydrogens (tertiary/aromatic N) is 4. The SMILES string of the molecule is Fc1ccc(CCNc2nccc(-c3c(-c4ccc(F)cc4)nc4occn34)n2)cc1.[HH]. The van der Waals surface area contributed by atoms with Crippen LogP contribution in [0.25, 0.3) is 28.5 Å². The summed E-state index contributed by atoms with van der Waals surface area (Å²) in [5.74, 6) is 0.306. The standard InChI is InChI=1S/C23H17F2N5O.H2/c24-17-5-1-15(2-6-17)9-11-26-22-27-12-10-19(28-22)21-20(16-3-7-18(25)8-4-16)29-23-30(21)13-14-31-23;/h1-8,10,12-14H,9,11H2,(H,26,27,28);1H. The Morgan fingerprint density at radius 3 is 2.45 bits per heavy atom. The van der Waals surface area contributed by atoms with Crippen LogP contribution in [-0.2, 0) is 6.42 Å². The highest BCUT2D eigenvalue weighted by Gasteiger charge is 2.19. The molecule has 0 aliphatic heterocycles. The molecule has 0 aliphatic rings. The van der Waals surface area contributed by atoms with Crippen molar-refractivity contribution in [2.75, 3.05) is 11.9 Å². The summed E-state index contributed by atoms with van der Waals surface area (Å²) in [6.45, 7) is 0.591. The number of anilines is 1. The Kier molecular flexibility index (Phi) is 4.87. The smallest absolute Gasteiger partial charge is 0.306 e. The van der Waals surface area contributed by atoms with Gasteiger partial charge in [-0.15, -0.1) is 0 Å². The van der Waals surface area contributed by atoms with Crippen molar-refractivity contribution < 1.29 is 14.6 Å². The maximum absolute atomic E-state index is 13.4. The van der Waals surface area contributed by atoms with Crippen LogP contribution in [0.2, 0.25) is 0 Å². The van der Waals surface area contributed by atoms with Gasteiger partial charge in [0.15, 0.2) is 0 Å². The minimum Gasteiger partial charge on any atom is -0.432 e. The van der Waals surface area contributed by atoms with Gasteiger partial charge in [-0.3, -0.25) is 4.40 Å². The van der Waals surface area contributed by atoms with Crippen molar-refractivity contribution in [3.05, 3.63) is 90.5 Å². The maximum Gasteiger partial charge on any atom is 0.306 e. The van der Waals surface area contributed by atoms with Crippen molar-refractivity contribution in [2.45, 2.75) is 6.42 Å². The van der Waals surface area contributed by atoms with E-state index in [1.807, 2.05) is 0 Å². The molecule has 0 aliphatic carbocycles. The molecular formula is C23H19F2N5O. The number of rotatable bonds is 6. The molecule has 0 amide bonds. The van der Waals surface area contributed by atoms with Gasteiger partial charge in [-0.1, -0.05) is 12.1 Å². The fourth-order valence-corrected chi connectivity index (χ4v) is 3.38. The van der Waals surface area contributed by atoms with Crippen LogP contribution in [0.3, 0.4) is 0 Å².